The number of hydrogen-bond donors (Lipinski definition) is 2. The number of piperidine rings is 1. The van der Waals surface area contributed by atoms with Crippen molar-refractivity contribution in [2.45, 2.75) is 19.3 Å². The van der Waals surface area contributed by atoms with Gasteiger partial charge in [-0.1, -0.05) is 18.0 Å². The van der Waals surface area contributed by atoms with E-state index >= 15 is 0 Å². The van der Waals surface area contributed by atoms with Crippen LogP contribution in [0.3, 0.4) is 0 Å². The molecule has 2 aromatic heterocycles. The van der Waals surface area contributed by atoms with Gasteiger partial charge in [0.1, 0.15) is 10.6 Å². The lowest BCUT2D eigenvalue weighted by atomic mass is 10.1. The summed E-state index contributed by atoms with van der Waals surface area (Å²) in [4.78, 5) is 27.5. The molecule has 1 saturated heterocycles. The van der Waals surface area contributed by atoms with Crippen LogP contribution >= 0.6 is 22.9 Å². The number of amides is 2. The Hall–Kier alpha value is -1.83. The Kier molecular flexibility index (Phi) is 6.34. The molecular formula is C18H23ClN4O2S. The average Bonchev–Trinajstić information content (AvgIpc) is 3.21. The van der Waals surface area contributed by atoms with Crippen LogP contribution in [0, 0.1) is 0 Å². The van der Waals surface area contributed by atoms with Crippen LogP contribution in [0.5, 0.6) is 0 Å². The highest BCUT2D eigenvalue weighted by molar-refractivity contribution is 7.12. The van der Waals surface area contributed by atoms with Crippen molar-refractivity contribution in [1.29, 1.82) is 0 Å². The van der Waals surface area contributed by atoms with Gasteiger partial charge < -0.3 is 20.1 Å². The normalized spacial score (nSPS) is 15.0. The number of hydrogen-bond acceptors (Lipinski definition) is 4. The number of likely N-dealkylation sites (tertiary alicyclic amines) is 1. The molecule has 0 aromatic carbocycles. The van der Waals surface area contributed by atoms with Crippen LogP contribution in [0.25, 0.3) is 0 Å². The van der Waals surface area contributed by atoms with Gasteiger partial charge in [0.2, 0.25) is 0 Å². The Morgan fingerprint density at radius 2 is 2.00 bits per heavy atom. The Morgan fingerprint density at radius 3 is 2.69 bits per heavy atom. The number of nitrogens with zero attached hydrogens (tertiary/aromatic N) is 2. The summed E-state index contributed by atoms with van der Waals surface area (Å²) in [5, 5.41) is 7.94. The van der Waals surface area contributed by atoms with Crippen molar-refractivity contribution >= 4 is 40.4 Å². The first kappa shape index (κ1) is 18.9. The Morgan fingerprint density at radius 1 is 1.23 bits per heavy atom. The summed E-state index contributed by atoms with van der Waals surface area (Å²) < 4.78 is 1.71. The quantitative estimate of drug-likeness (QED) is 0.790. The zero-order valence-corrected chi connectivity index (χ0v) is 16.3. The first-order chi connectivity index (χ1) is 12.5. The van der Waals surface area contributed by atoms with Crippen LogP contribution < -0.4 is 10.6 Å². The summed E-state index contributed by atoms with van der Waals surface area (Å²) in [5.41, 5.74) is 1.08. The van der Waals surface area contributed by atoms with Crippen LogP contribution in [0.1, 0.15) is 39.4 Å². The first-order valence-corrected chi connectivity index (χ1v) is 10.0. The van der Waals surface area contributed by atoms with Gasteiger partial charge in [-0.3, -0.25) is 9.59 Å². The molecule has 0 saturated carbocycles. The average molecular weight is 395 g/mol. The Labute approximate surface area is 162 Å². The van der Waals surface area contributed by atoms with Crippen LogP contribution in [0.4, 0.5) is 5.69 Å². The lowest BCUT2D eigenvalue weighted by Gasteiger charge is -2.26. The van der Waals surface area contributed by atoms with Gasteiger partial charge in [0.25, 0.3) is 11.8 Å². The fraction of sp³-hybridized carbons (Fsp3) is 0.444. The molecule has 1 aliphatic rings. The minimum absolute atomic E-state index is 0.140. The number of nitrogens with one attached hydrogen (secondary N) is 2. The zero-order chi connectivity index (χ0) is 18.5. The van der Waals surface area contributed by atoms with Crippen molar-refractivity contribution in [2.75, 3.05) is 31.5 Å². The van der Waals surface area contributed by atoms with Gasteiger partial charge in [-0.15, -0.1) is 11.3 Å². The van der Waals surface area contributed by atoms with Crippen LogP contribution in [-0.2, 0) is 7.05 Å². The predicted octanol–water partition coefficient (Wildman–Crippen LogP) is 3.21. The molecule has 0 bridgehead atoms. The highest BCUT2D eigenvalue weighted by Gasteiger charge is 2.16. The van der Waals surface area contributed by atoms with Gasteiger partial charge in [0.15, 0.2) is 0 Å². The molecule has 3 rings (SSSR count). The number of thiophene rings is 1. The summed E-state index contributed by atoms with van der Waals surface area (Å²) in [6.07, 6.45) is 5.50. The first-order valence-electron chi connectivity index (χ1n) is 8.76. The molecular weight excluding hydrogens is 372 g/mol. The van der Waals surface area contributed by atoms with Crippen LogP contribution in [-0.4, -0.2) is 47.5 Å². The summed E-state index contributed by atoms with van der Waals surface area (Å²) >= 11 is 7.27. The third-order valence-electron chi connectivity index (χ3n) is 4.48. The maximum absolute atomic E-state index is 12.4. The topological polar surface area (TPSA) is 66.4 Å². The van der Waals surface area contributed by atoms with E-state index in [2.05, 4.69) is 15.5 Å². The standard InChI is InChI=1S/C18H23ClN4O2S/c1-22-12-13(21-18(25)16-14(19)5-10-26-16)11-15(22)17(24)20-6-9-23-7-3-2-4-8-23/h5,10-12H,2-4,6-9H2,1H3,(H,20,24)(H,21,25). The molecule has 1 aliphatic heterocycles. The third-order valence-corrected chi connectivity index (χ3v) is 5.82. The van der Waals surface area contributed by atoms with Crippen molar-refractivity contribution in [3.05, 3.63) is 39.3 Å². The molecule has 3 heterocycles. The van der Waals surface area contributed by atoms with Gasteiger partial charge in [-0.25, -0.2) is 0 Å². The van der Waals surface area contributed by atoms with E-state index in [-0.39, 0.29) is 11.8 Å². The molecule has 1 fully saturated rings. The number of aromatic nitrogens is 1. The predicted molar refractivity (Wildman–Crippen MR) is 105 cm³/mol. The third kappa shape index (κ3) is 4.66. The fourth-order valence-electron chi connectivity index (χ4n) is 3.10. The van der Waals surface area contributed by atoms with Crippen molar-refractivity contribution in [3.8, 4) is 0 Å². The number of anilines is 1. The lowest BCUT2D eigenvalue weighted by molar-refractivity contribution is 0.0937. The molecule has 2 aromatic rings. The van der Waals surface area contributed by atoms with Gasteiger partial charge in [-0.2, -0.15) is 0 Å². The van der Waals surface area contributed by atoms with Gasteiger partial charge >= 0.3 is 0 Å². The van der Waals surface area contributed by atoms with E-state index in [4.69, 9.17) is 11.6 Å². The second-order valence-corrected chi connectivity index (χ2v) is 7.76. The number of aryl methyl sites for hydroxylation is 1. The fourth-order valence-corrected chi connectivity index (χ4v) is 4.14. The van der Waals surface area contributed by atoms with E-state index in [0.717, 1.165) is 19.6 Å². The highest BCUT2D eigenvalue weighted by Crippen LogP contribution is 2.23. The minimum Gasteiger partial charge on any atom is -0.349 e. The van der Waals surface area contributed by atoms with Gasteiger partial charge in [0.05, 0.1) is 10.7 Å². The minimum atomic E-state index is -0.271. The summed E-state index contributed by atoms with van der Waals surface area (Å²) in [7, 11) is 1.79. The molecule has 140 valence electrons. The highest BCUT2D eigenvalue weighted by atomic mass is 35.5. The molecule has 2 N–H and O–H groups in total. The number of rotatable bonds is 6. The summed E-state index contributed by atoms with van der Waals surface area (Å²) in [5.74, 6) is -0.410. The lowest BCUT2D eigenvalue weighted by Crippen LogP contribution is -2.38. The monoisotopic (exact) mass is 394 g/mol. The molecule has 2 amide bonds. The summed E-state index contributed by atoms with van der Waals surface area (Å²) in [6.45, 7) is 3.72. The zero-order valence-electron chi connectivity index (χ0n) is 14.8. The molecule has 0 atom stereocenters. The molecule has 6 nitrogen and oxygen atoms in total. The number of carbonyl (C=O) groups excluding carboxylic acids is 2. The Bertz CT molecular complexity index is 780. The van der Waals surface area contributed by atoms with Crippen molar-refractivity contribution in [3.63, 3.8) is 0 Å². The molecule has 0 unspecified atom stereocenters. The van der Waals surface area contributed by atoms with Crippen LogP contribution in [0.15, 0.2) is 23.7 Å². The maximum Gasteiger partial charge on any atom is 0.268 e. The second kappa shape index (κ2) is 8.70. The van der Waals surface area contributed by atoms with E-state index in [9.17, 15) is 9.59 Å². The van der Waals surface area contributed by atoms with E-state index in [1.54, 1.807) is 35.3 Å². The van der Waals surface area contributed by atoms with Gasteiger partial charge in [-0.05, 0) is 43.4 Å². The van der Waals surface area contributed by atoms with Gasteiger partial charge in [0, 0.05) is 26.3 Å². The molecule has 26 heavy (non-hydrogen) atoms. The SMILES string of the molecule is Cn1cc(NC(=O)c2sccc2Cl)cc1C(=O)NCCN1CCCCC1. The smallest absolute Gasteiger partial charge is 0.268 e. The van der Waals surface area contributed by atoms with Crippen molar-refractivity contribution in [2.24, 2.45) is 7.05 Å². The molecule has 0 radical (unpaired) electrons. The Balaban J connectivity index is 1.54. The largest absolute Gasteiger partial charge is 0.349 e. The molecule has 8 heteroatoms. The molecule has 0 spiro atoms. The van der Waals surface area contributed by atoms with Crippen LogP contribution in [0.2, 0.25) is 5.02 Å². The van der Waals surface area contributed by atoms with E-state index in [0.29, 0.717) is 27.8 Å². The van der Waals surface area contributed by atoms with E-state index < -0.39 is 0 Å². The number of halogens is 1. The van der Waals surface area contributed by atoms with Crippen molar-refractivity contribution < 1.29 is 9.59 Å². The summed E-state index contributed by atoms with van der Waals surface area (Å²) in [6, 6.07) is 3.36. The van der Waals surface area contributed by atoms with E-state index in [1.807, 2.05) is 0 Å². The maximum atomic E-state index is 12.4. The van der Waals surface area contributed by atoms with Crippen molar-refractivity contribution in [1.82, 2.24) is 14.8 Å². The number of carbonyl (C=O) groups is 2. The van der Waals surface area contributed by atoms with E-state index in [1.165, 1.54) is 30.6 Å². The second-order valence-electron chi connectivity index (χ2n) is 6.43. The molecule has 0 aliphatic carbocycles.